The molecule has 0 unspecified atom stereocenters. The third-order valence-electron chi connectivity index (χ3n) is 3.74. The van der Waals surface area contributed by atoms with Gasteiger partial charge in [0.1, 0.15) is 11.5 Å². The summed E-state index contributed by atoms with van der Waals surface area (Å²) in [5.74, 6) is 0.507. The maximum atomic E-state index is 12.6. The Morgan fingerprint density at radius 1 is 1.00 bits per heavy atom. The highest BCUT2D eigenvalue weighted by atomic mass is 16.5. The number of hydrogen-bond acceptors (Lipinski definition) is 4. The van der Waals surface area contributed by atoms with E-state index in [9.17, 15) is 9.59 Å². The Morgan fingerprint density at radius 3 is 2.40 bits per heavy atom. The van der Waals surface area contributed by atoms with Gasteiger partial charge < -0.3 is 20.1 Å². The van der Waals surface area contributed by atoms with E-state index in [2.05, 4.69) is 10.6 Å². The van der Waals surface area contributed by atoms with Crippen LogP contribution in [0.1, 0.15) is 33.2 Å². The maximum absolute atomic E-state index is 12.6. The van der Waals surface area contributed by atoms with E-state index in [4.69, 9.17) is 9.47 Å². The number of benzene rings is 2. The van der Waals surface area contributed by atoms with Crippen molar-refractivity contribution >= 4 is 17.5 Å². The second kappa shape index (κ2) is 8.19. The van der Waals surface area contributed by atoms with Crippen molar-refractivity contribution in [2.45, 2.75) is 13.8 Å². The van der Waals surface area contributed by atoms with Crippen molar-refractivity contribution in [2.75, 3.05) is 26.1 Å². The van der Waals surface area contributed by atoms with Gasteiger partial charge >= 0.3 is 0 Å². The van der Waals surface area contributed by atoms with Crippen LogP contribution in [0.25, 0.3) is 0 Å². The highest BCUT2D eigenvalue weighted by Crippen LogP contribution is 2.26. The summed E-state index contributed by atoms with van der Waals surface area (Å²) in [6.45, 7) is 4.25. The third kappa shape index (κ3) is 4.29. The average molecular weight is 342 g/mol. The minimum Gasteiger partial charge on any atom is -0.497 e. The van der Waals surface area contributed by atoms with Gasteiger partial charge in [-0.1, -0.05) is 6.07 Å². The van der Waals surface area contributed by atoms with Crippen LogP contribution in [0.5, 0.6) is 11.5 Å². The van der Waals surface area contributed by atoms with Crippen molar-refractivity contribution < 1.29 is 19.1 Å². The van der Waals surface area contributed by atoms with Crippen molar-refractivity contribution in [3.05, 3.63) is 53.1 Å². The van der Waals surface area contributed by atoms with Crippen molar-refractivity contribution in [3.8, 4) is 11.5 Å². The summed E-state index contributed by atoms with van der Waals surface area (Å²) in [6, 6.07) is 10.2. The molecule has 2 amide bonds. The van der Waals surface area contributed by atoms with E-state index in [1.165, 1.54) is 7.11 Å². The van der Waals surface area contributed by atoms with Gasteiger partial charge in [0, 0.05) is 23.9 Å². The predicted octanol–water partition coefficient (Wildman–Crippen LogP) is 3.01. The van der Waals surface area contributed by atoms with Crippen LogP contribution < -0.4 is 20.1 Å². The van der Waals surface area contributed by atoms with E-state index in [1.54, 1.807) is 43.5 Å². The Balaban J connectivity index is 2.28. The van der Waals surface area contributed by atoms with Crippen LogP contribution >= 0.6 is 0 Å². The molecule has 0 heterocycles. The summed E-state index contributed by atoms with van der Waals surface area (Å²) in [4.78, 5) is 24.6. The summed E-state index contributed by atoms with van der Waals surface area (Å²) >= 11 is 0. The molecule has 2 rings (SSSR count). The second-order valence-corrected chi connectivity index (χ2v) is 5.41. The summed E-state index contributed by atoms with van der Waals surface area (Å²) < 4.78 is 10.4. The zero-order valence-electron chi connectivity index (χ0n) is 14.8. The lowest BCUT2D eigenvalue weighted by molar-refractivity contribution is 0.0954. The highest BCUT2D eigenvalue weighted by Gasteiger charge is 2.15. The van der Waals surface area contributed by atoms with Gasteiger partial charge in [0.2, 0.25) is 0 Å². The summed E-state index contributed by atoms with van der Waals surface area (Å²) in [5.41, 5.74) is 2.30. The average Bonchev–Trinajstić information content (AvgIpc) is 2.62. The number of aryl methyl sites for hydroxylation is 1. The van der Waals surface area contributed by atoms with Gasteiger partial charge in [-0.2, -0.15) is 0 Å². The quantitative estimate of drug-likeness (QED) is 0.846. The van der Waals surface area contributed by atoms with Crippen LogP contribution in [-0.2, 0) is 0 Å². The van der Waals surface area contributed by atoms with Gasteiger partial charge in [-0.3, -0.25) is 9.59 Å². The molecule has 0 fully saturated rings. The number of hydrogen-bond donors (Lipinski definition) is 2. The van der Waals surface area contributed by atoms with Crippen LogP contribution in [0.15, 0.2) is 36.4 Å². The maximum Gasteiger partial charge on any atom is 0.259 e. The SMILES string of the molecule is CCNC(=O)c1ccc(C)c(NC(=O)c2ccc(OC)cc2OC)c1. The number of amides is 2. The number of carbonyl (C=O) groups excluding carboxylic acids is 2. The zero-order valence-corrected chi connectivity index (χ0v) is 14.8. The first-order chi connectivity index (χ1) is 12.0. The molecule has 0 spiro atoms. The Hall–Kier alpha value is -3.02. The second-order valence-electron chi connectivity index (χ2n) is 5.41. The van der Waals surface area contributed by atoms with E-state index in [-0.39, 0.29) is 11.8 Å². The molecule has 0 bridgehead atoms. The van der Waals surface area contributed by atoms with Crippen molar-refractivity contribution in [2.24, 2.45) is 0 Å². The molecular formula is C19H22N2O4. The van der Waals surface area contributed by atoms with Gasteiger partial charge in [0.15, 0.2) is 0 Å². The standard InChI is InChI=1S/C19H22N2O4/c1-5-20-18(22)13-7-6-12(2)16(10-13)21-19(23)15-9-8-14(24-3)11-17(15)25-4/h6-11H,5H2,1-4H3,(H,20,22)(H,21,23). The predicted molar refractivity (Wildman–Crippen MR) is 96.7 cm³/mol. The molecule has 6 heteroatoms. The molecule has 0 radical (unpaired) electrons. The summed E-state index contributed by atoms with van der Waals surface area (Å²) in [5, 5.41) is 5.58. The van der Waals surface area contributed by atoms with Crippen molar-refractivity contribution in [1.82, 2.24) is 5.32 Å². The van der Waals surface area contributed by atoms with Crippen LogP contribution in [0.2, 0.25) is 0 Å². The number of nitrogens with one attached hydrogen (secondary N) is 2. The molecule has 0 aliphatic rings. The molecule has 2 aromatic rings. The fourth-order valence-electron chi connectivity index (χ4n) is 2.34. The van der Waals surface area contributed by atoms with E-state index in [0.717, 1.165) is 5.56 Å². The van der Waals surface area contributed by atoms with Crippen LogP contribution in [0, 0.1) is 6.92 Å². The van der Waals surface area contributed by atoms with Gasteiger partial charge in [0.05, 0.1) is 19.8 Å². The van der Waals surface area contributed by atoms with E-state index < -0.39 is 0 Å². The van der Waals surface area contributed by atoms with Crippen LogP contribution in [0.4, 0.5) is 5.69 Å². The first kappa shape index (κ1) is 18.3. The Labute approximate surface area is 147 Å². The number of ether oxygens (including phenoxy) is 2. The summed E-state index contributed by atoms with van der Waals surface area (Å²) in [7, 11) is 3.04. The molecule has 0 saturated carbocycles. The molecule has 0 saturated heterocycles. The number of anilines is 1. The molecular weight excluding hydrogens is 320 g/mol. The molecule has 6 nitrogen and oxygen atoms in total. The minimum atomic E-state index is -0.323. The van der Waals surface area contributed by atoms with E-state index in [0.29, 0.717) is 34.9 Å². The lowest BCUT2D eigenvalue weighted by atomic mass is 10.1. The van der Waals surface area contributed by atoms with Gasteiger partial charge in [-0.05, 0) is 43.7 Å². The lowest BCUT2D eigenvalue weighted by Gasteiger charge is -2.13. The van der Waals surface area contributed by atoms with Gasteiger partial charge in [-0.25, -0.2) is 0 Å². The molecule has 0 aliphatic heterocycles. The topological polar surface area (TPSA) is 76.7 Å². The molecule has 132 valence electrons. The highest BCUT2D eigenvalue weighted by molar-refractivity contribution is 6.07. The third-order valence-corrected chi connectivity index (χ3v) is 3.74. The van der Waals surface area contributed by atoms with Crippen LogP contribution in [0.3, 0.4) is 0 Å². The Morgan fingerprint density at radius 2 is 1.76 bits per heavy atom. The molecule has 2 N–H and O–H groups in total. The molecule has 0 aromatic heterocycles. The fourth-order valence-corrected chi connectivity index (χ4v) is 2.34. The molecule has 0 atom stereocenters. The molecule has 0 aliphatic carbocycles. The van der Waals surface area contributed by atoms with Gasteiger partial charge in [-0.15, -0.1) is 0 Å². The first-order valence-electron chi connectivity index (χ1n) is 7.92. The normalized spacial score (nSPS) is 10.1. The Bertz CT molecular complexity index is 787. The number of rotatable bonds is 6. The number of carbonyl (C=O) groups is 2. The zero-order chi connectivity index (χ0) is 18.4. The fraction of sp³-hybridized carbons (Fsp3) is 0.263. The Kier molecular flexibility index (Phi) is 6.00. The largest absolute Gasteiger partial charge is 0.497 e. The molecule has 2 aromatic carbocycles. The van der Waals surface area contributed by atoms with Gasteiger partial charge in [0.25, 0.3) is 11.8 Å². The monoisotopic (exact) mass is 342 g/mol. The molecule has 25 heavy (non-hydrogen) atoms. The van der Waals surface area contributed by atoms with Crippen molar-refractivity contribution in [3.63, 3.8) is 0 Å². The van der Waals surface area contributed by atoms with E-state index in [1.807, 2.05) is 13.8 Å². The van der Waals surface area contributed by atoms with Crippen LogP contribution in [-0.4, -0.2) is 32.6 Å². The number of methoxy groups -OCH3 is 2. The smallest absolute Gasteiger partial charge is 0.259 e. The minimum absolute atomic E-state index is 0.181. The van der Waals surface area contributed by atoms with Crippen molar-refractivity contribution in [1.29, 1.82) is 0 Å². The van der Waals surface area contributed by atoms with E-state index >= 15 is 0 Å². The lowest BCUT2D eigenvalue weighted by Crippen LogP contribution is -2.23. The summed E-state index contributed by atoms with van der Waals surface area (Å²) in [6.07, 6.45) is 0. The first-order valence-corrected chi connectivity index (χ1v) is 7.92.